The van der Waals surface area contributed by atoms with Gasteiger partial charge in [0, 0.05) is 11.6 Å². The van der Waals surface area contributed by atoms with Crippen LogP contribution in [0, 0.1) is 5.82 Å². The van der Waals surface area contributed by atoms with Crippen LogP contribution in [0.3, 0.4) is 0 Å². The summed E-state index contributed by atoms with van der Waals surface area (Å²) >= 11 is 11.7. The van der Waals surface area contributed by atoms with Crippen molar-refractivity contribution < 1.29 is 21.6 Å². The van der Waals surface area contributed by atoms with Crippen molar-refractivity contribution in [2.45, 2.75) is 31.2 Å². The first-order valence-corrected chi connectivity index (χ1v) is 9.08. The molecule has 0 spiro atoms. The van der Waals surface area contributed by atoms with Crippen LogP contribution in [0.2, 0.25) is 10.0 Å². The molecule has 0 aliphatic carbocycles. The van der Waals surface area contributed by atoms with Gasteiger partial charge in [0.1, 0.15) is 22.7 Å². The number of nitrogens with one attached hydrogen (secondary N) is 1. The molecule has 0 saturated heterocycles. The minimum Gasteiger partial charge on any atom is -0.235 e. The van der Waals surface area contributed by atoms with Gasteiger partial charge in [-0.25, -0.2) is 36.3 Å². The predicted molar refractivity (Wildman–Crippen MR) is 87.9 cm³/mol. The lowest BCUT2D eigenvalue weighted by molar-refractivity contribution is 0.146. The molecule has 0 fully saturated rings. The smallest absolute Gasteiger partial charge is 0.235 e. The van der Waals surface area contributed by atoms with Crippen molar-refractivity contribution in [2.24, 2.45) is 0 Å². The Morgan fingerprint density at radius 3 is 2.36 bits per heavy atom. The van der Waals surface area contributed by atoms with Crippen LogP contribution in [-0.4, -0.2) is 24.4 Å². The molecule has 0 aliphatic rings. The second-order valence-electron chi connectivity index (χ2n) is 5.26. The van der Waals surface area contributed by atoms with Crippen molar-refractivity contribution in [2.75, 3.05) is 0 Å². The maximum atomic E-state index is 14.3. The van der Waals surface area contributed by atoms with E-state index in [1.165, 1.54) is 0 Å². The van der Waals surface area contributed by atoms with Gasteiger partial charge >= 0.3 is 0 Å². The lowest BCUT2D eigenvalue weighted by atomic mass is 10.1. The molecule has 0 radical (unpaired) electrons. The third-order valence-corrected chi connectivity index (χ3v) is 5.48. The number of sulfonamides is 1. The first-order chi connectivity index (χ1) is 11.5. The topological polar surface area (TPSA) is 72.0 Å². The highest BCUT2D eigenvalue weighted by Gasteiger charge is 2.25. The Kier molecular flexibility index (Phi) is 5.93. The Hall–Kier alpha value is -1.42. The zero-order valence-electron chi connectivity index (χ0n) is 12.9. The summed E-state index contributed by atoms with van der Waals surface area (Å²) in [4.78, 5) is 6.62. The van der Waals surface area contributed by atoms with Gasteiger partial charge in [-0.1, -0.05) is 23.2 Å². The van der Waals surface area contributed by atoms with Gasteiger partial charge in [0.15, 0.2) is 0 Å². The number of aromatic nitrogens is 2. The zero-order valence-corrected chi connectivity index (χ0v) is 15.2. The lowest BCUT2D eigenvalue weighted by Gasteiger charge is -2.14. The molecule has 2 aromatic rings. The van der Waals surface area contributed by atoms with E-state index in [2.05, 4.69) is 14.7 Å². The molecule has 2 rings (SSSR count). The van der Waals surface area contributed by atoms with Crippen molar-refractivity contribution in [1.82, 2.24) is 14.7 Å². The Balaban J connectivity index is 2.69. The number of alkyl halides is 2. The normalized spacial score (nSPS) is 12.2. The van der Waals surface area contributed by atoms with Crippen LogP contribution in [-0.2, 0) is 10.0 Å². The minimum atomic E-state index is -4.06. The molecular weight excluding hydrogens is 402 g/mol. The number of halogens is 5. The van der Waals surface area contributed by atoms with Crippen molar-refractivity contribution in [3.05, 3.63) is 40.0 Å². The molecule has 0 unspecified atom stereocenters. The fraction of sp³-hybridized carbons (Fsp3) is 0.286. The van der Waals surface area contributed by atoms with E-state index >= 15 is 0 Å². The van der Waals surface area contributed by atoms with E-state index in [9.17, 15) is 21.6 Å². The molecule has 5 nitrogen and oxygen atoms in total. The fourth-order valence-corrected chi connectivity index (χ4v) is 4.09. The van der Waals surface area contributed by atoms with Crippen LogP contribution >= 0.6 is 23.2 Å². The standard InChI is InChI=1S/C14H12Cl2F3N3O2S/c1-6(2)22-25(23,24)10-3-7(9(17)4-8(10)15)12-11(16)13(14(18)19)21-5-20-12/h3-6,14,22H,1-2H3. The molecule has 0 amide bonds. The van der Waals surface area contributed by atoms with E-state index in [4.69, 9.17) is 23.2 Å². The molecule has 11 heteroatoms. The van der Waals surface area contributed by atoms with E-state index in [0.717, 1.165) is 18.5 Å². The molecule has 0 bridgehead atoms. The summed E-state index contributed by atoms with van der Waals surface area (Å²) < 4.78 is 67.0. The summed E-state index contributed by atoms with van der Waals surface area (Å²) in [6.07, 6.45) is -2.22. The van der Waals surface area contributed by atoms with Gasteiger partial charge in [0.25, 0.3) is 6.43 Å². The van der Waals surface area contributed by atoms with Crippen molar-refractivity contribution in [1.29, 1.82) is 0 Å². The summed E-state index contributed by atoms with van der Waals surface area (Å²) in [7, 11) is -4.06. The fourth-order valence-electron chi connectivity index (χ4n) is 2.01. The minimum absolute atomic E-state index is 0.359. The van der Waals surface area contributed by atoms with Crippen LogP contribution in [0.5, 0.6) is 0 Å². The van der Waals surface area contributed by atoms with Crippen molar-refractivity contribution in [3.63, 3.8) is 0 Å². The summed E-state index contributed by atoms with van der Waals surface area (Å²) in [6, 6.07) is 1.21. The molecule has 136 valence electrons. The van der Waals surface area contributed by atoms with Crippen LogP contribution < -0.4 is 4.72 Å². The molecule has 0 saturated carbocycles. The van der Waals surface area contributed by atoms with Gasteiger partial charge in [0.2, 0.25) is 10.0 Å². The molecule has 25 heavy (non-hydrogen) atoms. The highest BCUT2D eigenvalue weighted by molar-refractivity contribution is 7.89. The summed E-state index contributed by atoms with van der Waals surface area (Å²) in [5.41, 5.74) is -1.53. The summed E-state index contributed by atoms with van der Waals surface area (Å²) in [5.74, 6) is -0.964. The van der Waals surface area contributed by atoms with E-state index in [-0.39, 0.29) is 16.3 Å². The highest BCUT2D eigenvalue weighted by atomic mass is 35.5. The second kappa shape index (κ2) is 7.45. The van der Waals surface area contributed by atoms with Crippen LogP contribution in [0.1, 0.15) is 26.0 Å². The third kappa shape index (κ3) is 4.22. The molecular formula is C14H12Cl2F3N3O2S. The predicted octanol–water partition coefficient (Wildman–Crippen LogP) is 4.21. The summed E-state index contributed by atoms with van der Waals surface area (Å²) in [5, 5.41) is -0.937. The molecule has 1 aromatic carbocycles. The van der Waals surface area contributed by atoms with Crippen LogP contribution in [0.15, 0.2) is 23.4 Å². The van der Waals surface area contributed by atoms with E-state index < -0.39 is 43.9 Å². The van der Waals surface area contributed by atoms with Crippen molar-refractivity contribution >= 4 is 33.2 Å². The number of hydrogen-bond donors (Lipinski definition) is 1. The molecule has 0 aliphatic heterocycles. The van der Waals surface area contributed by atoms with Gasteiger partial charge in [0.05, 0.1) is 15.7 Å². The quantitative estimate of drug-likeness (QED) is 0.796. The van der Waals surface area contributed by atoms with E-state index in [0.29, 0.717) is 0 Å². The molecule has 1 N–H and O–H groups in total. The Bertz CT molecular complexity index is 908. The maximum absolute atomic E-state index is 14.3. The Morgan fingerprint density at radius 2 is 1.80 bits per heavy atom. The summed E-state index contributed by atoms with van der Waals surface area (Å²) in [6.45, 7) is 3.18. The first kappa shape index (κ1) is 19.9. The Labute approximate surface area is 152 Å². The van der Waals surface area contributed by atoms with Crippen molar-refractivity contribution in [3.8, 4) is 11.3 Å². The van der Waals surface area contributed by atoms with E-state index in [1.54, 1.807) is 13.8 Å². The lowest BCUT2D eigenvalue weighted by Crippen LogP contribution is -2.30. The van der Waals surface area contributed by atoms with Gasteiger partial charge in [-0.05, 0) is 26.0 Å². The van der Waals surface area contributed by atoms with Gasteiger partial charge in [-0.15, -0.1) is 0 Å². The Morgan fingerprint density at radius 1 is 1.16 bits per heavy atom. The average molecular weight is 414 g/mol. The maximum Gasteiger partial charge on any atom is 0.281 e. The monoisotopic (exact) mass is 413 g/mol. The number of benzene rings is 1. The number of nitrogens with zero attached hydrogens (tertiary/aromatic N) is 2. The highest BCUT2D eigenvalue weighted by Crippen LogP contribution is 2.36. The second-order valence-corrected chi connectivity index (χ2v) is 7.73. The third-order valence-electron chi connectivity index (χ3n) is 2.98. The number of rotatable bonds is 5. The molecule has 0 atom stereocenters. The van der Waals surface area contributed by atoms with Crippen LogP contribution in [0.25, 0.3) is 11.3 Å². The molecule has 1 heterocycles. The molecule has 1 aromatic heterocycles. The van der Waals surface area contributed by atoms with Gasteiger partial charge < -0.3 is 0 Å². The van der Waals surface area contributed by atoms with Crippen LogP contribution in [0.4, 0.5) is 13.2 Å². The van der Waals surface area contributed by atoms with Gasteiger partial charge in [-0.2, -0.15) is 0 Å². The SMILES string of the molecule is CC(C)NS(=O)(=O)c1cc(-c2ncnc(C(F)F)c2Cl)c(F)cc1Cl. The zero-order chi connectivity index (χ0) is 18.9. The largest absolute Gasteiger partial charge is 0.281 e. The van der Waals surface area contributed by atoms with Gasteiger partial charge in [-0.3, -0.25) is 0 Å². The number of hydrogen-bond acceptors (Lipinski definition) is 4. The van der Waals surface area contributed by atoms with E-state index in [1.807, 2.05) is 0 Å². The average Bonchev–Trinajstić information content (AvgIpc) is 2.46. The first-order valence-electron chi connectivity index (χ1n) is 6.85.